The third-order valence-electron chi connectivity index (χ3n) is 5.03. The summed E-state index contributed by atoms with van der Waals surface area (Å²) in [4.78, 5) is 6.81. The summed E-state index contributed by atoms with van der Waals surface area (Å²) in [6.45, 7) is 14.9. The van der Waals surface area contributed by atoms with Crippen LogP contribution in [0.15, 0.2) is 35.2 Å². The molecule has 144 valence electrons. The van der Waals surface area contributed by atoms with Crippen molar-refractivity contribution in [1.82, 2.24) is 4.98 Å². The van der Waals surface area contributed by atoms with Gasteiger partial charge in [0.25, 0.3) is 0 Å². The monoisotopic (exact) mass is 374 g/mol. The van der Waals surface area contributed by atoms with Crippen LogP contribution in [0, 0.1) is 11.8 Å². The van der Waals surface area contributed by atoms with Crippen LogP contribution >= 0.6 is 11.3 Å². The van der Waals surface area contributed by atoms with Crippen LogP contribution in [0.3, 0.4) is 0 Å². The van der Waals surface area contributed by atoms with Crippen molar-refractivity contribution in [3.05, 3.63) is 46.3 Å². The molecule has 0 spiro atoms. The number of ether oxygens (including phenoxy) is 1. The quantitative estimate of drug-likeness (QED) is 0.679. The molecule has 0 aliphatic carbocycles. The molecule has 1 unspecified atom stereocenters. The Morgan fingerprint density at radius 2 is 1.85 bits per heavy atom. The van der Waals surface area contributed by atoms with E-state index in [-0.39, 0.29) is 0 Å². The van der Waals surface area contributed by atoms with Gasteiger partial charge in [-0.05, 0) is 58.2 Å². The highest BCUT2D eigenvalue weighted by Crippen LogP contribution is 2.25. The third kappa shape index (κ3) is 6.40. The lowest BCUT2D eigenvalue weighted by atomic mass is 9.92. The first kappa shape index (κ1) is 20.9. The molecule has 2 aromatic rings. The summed E-state index contributed by atoms with van der Waals surface area (Å²) in [5.41, 5.74) is 2.83. The van der Waals surface area contributed by atoms with Crippen molar-refractivity contribution in [3.8, 4) is 0 Å². The molecule has 3 rings (SSSR count). The average molecular weight is 375 g/mol. The highest BCUT2D eigenvalue weighted by molar-refractivity contribution is 7.07. The molecule has 1 fully saturated rings. The van der Waals surface area contributed by atoms with Crippen LogP contribution in [0.4, 0.5) is 5.82 Å². The number of hydrogen-bond donors (Lipinski definition) is 0. The van der Waals surface area contributed by atoms with Crippen LogP contribution in [0.1, 0.15) is 51.7 Å². The molecular formula is C22H34N2OS. The van der Waals surface area contributed by atoms with Crippen LogP contribution in [-0.4, -0.2) is 31.3 Å². The van der Waals surface area contributed by atoms with E-state index in [1.54, 1.807) is 11.3 Å². The predicted molar refractivity (Wildman–Crippen MR) is 113 cm³/mol. The minimum atomic E-state index is 0.525. The smallest absolute Gasteiger partial charge is 0.132 e. The SMILES string of the molecule is CC(C)C(C)Cc1ccsc1.CC(C)c1cccnc1N1CCOCC1. The minimum Gasteiger partial charge on any atom is -0.378 e. The number of hydrogen-bond acceptors (Lipinski definition) is 4. The zero-order valence-corrected chi connectivity index (χ0v) is 17.8. The second kappa shape index (κ2) is 10.7. The fourth-order valence-electron chi connectivity index (χ4n) is 2.92. The Labute approximate surface area is 163 Å². The van der Waals surface area contributed by atoms with E-state index in [0.29, 0.717) is 5.92 Å². The number of rotatable bonds is 5. The van der Waals surface area contributed by atoms with Crippen molar-refractivity contribution in [2.45, 2.75) is 47.0 Å². The number of nitrogens with zero attached hydrogens (tertiary/aromatic N) is 2. The number of pyridine rings is 1. The van der Waals surface area contributed by atoms with Gasteiger partial charge in [-0.25, -0.2) is 4.98 Å². The molecule has 3 heterocycles. The molecule has 26 heavy (non-hydrogen) atoms. The molecule has 0 radical (unpaired) electrons. The van der Waals surface area contributed by atoms with E-state index < -0.39 is 0 Å². The van der Waals surface area contributed by atoms with Crippen molar-refractivity contribution in [3.63, 3.8) is 0 Å². The molecule has 2 aromatic heterocycles. The van der Waals surface area contributed by atoms with E-state index in [2.05, 4.69) is 67.4 Å². The predicted octanol–water partition coefficient (Wildman–Crippen LogP) is 5.62. The number of anilines is 1. The number of morpholine rings is 1. The minimum absolute atomic E-state index is 0.525. The Hall–Kier alpha value is -1.39. The first-order valence-corrected chi connectivity index (χ1v) is 10.7. The van der Waals surface area contributed by atoms with Crippen molar-refractivity contribution in [1.29, 1.82) is 0 Å². The molecule has 0 amide bonds. The molecule has 0 saturated carbocycles. The fourth-order valence-corrected chi connectivity index (χ4v) is 3.60. The maximum Gasteiger partial charge on any atom is 0.132 e. The van der Waals surface area contributed by atoms with Gasteiger partial charge >= 0.3 is 0 Å². The second-order valence-electron chi connectivity index (χ2n) is 7.73. The molecular weight excluding hydrogens is 340 g/mol. The van der Waals surface area contributed by atoms with E-state index in [0.717, 1.165) is 44.0 Å². The van der Waals surface area contributed by atoms with Gasteiger partial charge in [-0.15, -0.1) is 0 Å². The van der Waals surface area contributed by atoms with Gasteiger partial charge in [-0.3, -0.25) is 0 Å². The van der Waals surface area contributed by atoms with Gasteiger partial charge in [0.2, 0.25) is 0 Å². The lowest BCUT2D eigenvalue weighted by Gasteiger charge is -2.30. The van der Waals surface area contributed by atoms with E-state index in [4.69, 9.17) is 4.74 Å². The molecule has 1 saturated heterocycles. The molecule has 4 heteroatoms. The van der Waals surface area contributed by atoms with Gasteiger partial charge in [-0.1, -0.05) is 40.7 Å². The third-order valence-corrected chi connectivity index (χ3v) is 5.76. The molecule has 0 bridgehead atoms. The van der Waals surface area contributed by atoms with Crippen molar-refractivity contribution in [2.75, 3.05) is 31.2 Å². The van der Waals surface area contributed by atoms with Gasteiger partial charge in [0, 0.05) is 19.3 Å². The Morgan fingerprint density at radius 3 is 2.42 bits per heavy atom. The van der Waals surface area contributed by atoms with E-state index in [1.165, 1.54) is 17.5 Å². The Bertz CT molecular complexity index is 619. The van der Waals surface area contributed by atoms with Crippen LogP contribution in [0.2, 0.25) is 0 Å². The highest BCUT2D eigenvalue weighted by Gasteiger charge is 2.16. The molecule has 1 aliphatic heterocycles. The molecule has 1 aliphatic rings. The summed E-state index contributed by atoms with van der Waals surface area (Å²) in [5, 5.41) is 4.40. The lowest BCUT2D eigenvalue weighted by Crippen LogP contribution is -2.37. The summed E-state index contributed by atoms with van der Waals surface area (Å²) < 4.78 is 5.35. The topological polar surface area (TPSA) is 25.4 Å². The molecule has 0 N–H and O–H groups in total. The Balaban J connectivity index is 0.000000197. The van der Waals surface area contributed by atoms with E-state index in [9.17, 15) is 0 Å². The van der Waals surface area contributed by atoms with Gasteiger partial charge in [0.05, 0.1) is 13.2 Å². The molecule has 3 nitrogen and oxygen atoms in total. The van der Waals surface area contributed by atoms with Crippen molar-refractivity contribution in [2.24, 2.45) is 11.8 Å². The highest BCUT2D eigenvalue weighted by atomic mass is 32.1. The van der Waals surface area contributed by atoms with Crippen LogP contribution < -0.4 is 4.90 Å². The van der Waals surface area contributed by atoms with Gasteiger partial charge in [0.1, 0.15) is 5.82 Å². The standard InChI is InChI=1S/C12H18N2O.C10H16S/c1-10(2)11-4-3-5-13-12(11)14-6-8-15-9-7-14;1-8(2)9(3)6-10-4-5-11-7-10/h3-5,10H,6-9H2,1-2H3;4-5,7-9H,6H2,1-3H3. The number of aromatic nitrogens is 1. The maximum atomic E-state index is 5.35. The Kier molecular flexibility index (Phi) is 8.60. The summed E-state index contributed by atoms with van der Waals surface area (Å²) in [6, 6.07) is 6.41. The summed E-state index contributed by atoms with van der Waals surface area (Å²) in [5.74, 6) is 3.27. The summed E-state index contributed by atoms with van der Waals surface area (Å²) in [6.07, 6.45) is 3.11. The molecule has 1 atom stereocenters. The van der Waals surface area contributed by atoms with Gasteiger partial charge in [-0.2, -0.15) is 11.3 Å². The van der Waals surface area contributed by atoms with Gasteiger partial charge in [0.15, 0.2) is 0 Å². The normalized spacial score (nSPS) is 15.7. The zero-order chi connectivity index (χ0) is 18.9. The fraction of sp³-hybridized carbons (Fsp3) is 0.591. The van der Waals surface area contributed by atoms with Crippen LogP contribution in [0.25, 0.3) is 0 Å². The summed E-state index contributed by atoms with van der Waals surface area (Å²) in [7, 11) is 0. The maximum absolute atomic E-state index is 5.35. The van der Waals surface area contributed by atoms with Crippen LogP contribution in [-0.2, 0) is 11.2 Å². The Morgan fingerprint density at radius 1 is 1.12 bits per heavy atom. The van der Waals surface area contributed by atoms with Crippen LogP contribution in [0.5, 0.6) is 0 Å². The van der Waals surface area contributed by atoms with Crippen molar-refractivity contribution >= 4 is 17.2 Å². The zero-order valence-electron chi connectivity index (χ0n) is 16.9. The van der Waals surface area contributed by atoms with Gasteiger partial charge < -0.3 is 9.64 Å². The van der Waals surface area contributed by atoms with E-state index >= 15 is 0 Å². The first-order chi connectivity index (χ1) is 12.5. The number of thiophene rings is 1. The molecule has 0 aromatic carbocycles. The summed E-state index contributed by atoms with van der Waals surface area (Å²) >= 11 is 1.79. The average Bonchev–Trinajstić information content (AvgIpc) is 3.16. The van der Waals surface area contributed by atoms with Crippen molar-refractivity contribution < 1.29 is 4.74 Å². The first-order valence-electron chi connectivity index (χ1n) is 9.77. The largest absolute Gasteiger partial charge is 0.378 e. The van der Waals surface area contributed by atoms with E-state index in [1.807, 2.05) is 12.3 Å². The lowest BCUT2D eigenvalue weighted by molar-refractivity contribution is 0.122. The second-order valence-corrected chi connectivity index (χ2v) is 8.51.